The molecule has 3 N–H and O–H groups in total. The zero-order chi connectivity index (χ0) is 12.1. The number of rotatable bonds is 5. The molecule has 0 aliphatic rings. The number of carboxylic acid groups (broad SMARTS) is 1. The molecule has 0 heterocycles. The fraction of sp³-hybridized carbons (Fsp3) is 0.417. The van der Waals surface area contributed by atoms with E-state index < -0.39 is 5.97 Å². The zero-order valence-corrected chi connectivity index (χ0v) is 10.00. The summed E-state index contributed by atoms with van der Waals surface area (Å²) >= 11 is 5.85. The van der Waals surface area contributed by atoms with Crippen LogP contribution in [0.5, 0.6) is 0 Å². The van der Waals surface area contributed by atoms with Gasteiger partial charge in [0.1, 0.15) is 0 Å². The smallest absolute Gasteiger partial charge is 0.303 e. The Morgan fingerprint density at radius 2 is 2.25 bits per heavy atom. The molecular weight excluding hydrogens is 226 g/mol. The highest BCUT2D eigenvalue weighted by Crippen LogP contribution is 2.17. The number of aryl methyl sites for hydroxylation is 1. The molecule has 0 aromatic heterocycles. The molecule has 1 aromatic rings. The molecule has 1 atom stereocenters. The van der Waals surface area contributed by atoms with E-state index in [1.807, 2.05) is 25.1 Å². The highest BCUT2D eigenvalue weighted by Gasteiger charge is 2.08. The van der Waals surface area contributed by atoms with Crippen molar-refractivity contribution >= 4 is 17.6 Å². The largest absolute Gasteiger partial charge is 0.481 e. The van der Waals surface area contributed by atoms with Crippen LogP contribution in [-0.4, -0.2) is 17.1 Å². The van der Waals surface area contributed by atoms with Gasteiger partial charge in [-0.2, -0.15) is 0 Å². The third-order valence-corrected chi connectivity index (χ3v) is 2.75. The summed E-state index contributed by atoms with van der Waals surface area (Å²) in [5, 5.41) is 9.26. The predicted molar refractivity (Wildman–Crippen MR) is 64.7 cm³/mol. The van der Waals surface area contributed by atoms with Crippen molar-refractivity contribution in [1.29, 1.82) is 0 Å². The second-order valence-electron chi connectivity index (χ2n) is 3.97. The maximum Gasteiger partial charge on any atom is 0.303 e. The van der Waals surface area contributed by atoms with Gasteiger partial charge in [-0.25, -0.2) is 0 Å². The lowest BCUT2D eigenvalue weighted by atomic mass is 9.99. The summed E-state index contributed by atoms with van der Waals surface area (Å²) in [5.41, 5.74) is 8.09. The number of benzene rings is 1. The molecule has 0 spiro atoms. The van der Waals surface area contributed by atoms with E-state index >= 15 is 0 Å². The first-order valence-electron chi connectivity index (χ1n) is 5.21. The minimum Gasteiger partial charge on any atom is -0.481 e. The van der Waals surface area contributed by atoms with E-state index in [0.717, 1.165) is 11.1 Å². The number of aliphatic carboxylic acids is 1. The fourth-order valence-electron chi connectivity index (χ4n) is 1.58. The summed E-state index contributed by atoms with van der Waals surface area (Å²) in [6.07, 6.45) is 1.31. The molecule has 1 rings (SSSR count). The third kappa shape index (κ3) is 4.21. The third-order valence-electron chi connectivity index (χ3n) is 2.52. The van der Waals surface area contributed by atoms with Crippen molar-refractivity contribution in [2.75, 3.05) is 0 Å². The van der Waals surface area contributed by atoms with Gasteiger partial charge in [-0.3, -0.25) is 4.79 Å². The summed E-state index contributed by atoms with van der Waals surface area (Å²) in [5.74, 6) is -0.803. The van der Waals surface area contributed by atoms with Gasteiger partial charge in [-0.15, -0.1) is 0 Å². The molecule has 0 aliphatic heterocycles. The van der Waals surface area contributed by atoms with E-state index in [0.29, 0.717) is 17.9 Å². The predicted octanol–water partition coefficient (Wildman–Crippen LogP) is 2.38. The van der Waals surface area contributed by atoms with Crippen molar-refractivity contribution < 1.29 is 9.90 Å². The summed E-state index contributed by atoms with van der Waals surface area (Å²) in [6.45, 7) is 1.98. The number of hydrogen-bond acceptors (Lipinski definition) is 2. The molecule has 1 aromatic carbocycles. The Morgan fingerprint density at radius 1 is 1.56 bits per heavy atom. The van der Waals surface area contributed by atoms with Crippen molar-refractivity contribution in [3.05, 3.63) is 34.3 Å². The minimum absolute atomic E-state index is 0.115. The molecule has 4 heteroatoms. The standard InChI is InChI=1S/C12H16ClNO2/c1-8-6-10(13)3-2-9(8)7-11(14)4-5-12(15)16/h2-3,6,11H,4-5,7,14H2,1H3,(H,15,16). The maximum absolute atomic E-state index is 10.4. The van der Waals surface area contributed by atoms with Gasteiger partial charge < -0.3 is 10.8 Å². The van der Waals surface area contributed by atoms with Gasteiger partial charge in [-0.05, 0) is 43.0 Å². The number of carboxylic acids is 1. The van der Waals surface area contributed by atoms with Crippen LogP contribution in [0.4, 0.5) is 0 Å². The van der Waals surface area contributed by atoms with Gasteiger partial charge in [0, 0.05) is 17.5 Å². The number of nitrogens with two attached hydrogens (primary N) is 1. The van der Waals surface area contributed by atoms with Crippen molar-refractivity contribution in [2.45, 2.75) is 32.2 Å². The Balaban J connectivity index is 2.55. The summed E-state index contributed by atoms with van der Waals surface area (Å²) < 4.78 is 0. The second-order valence-corrected chi connectivity index (χ2v) is 4.40. The van der Waals surface area contributed by atoms with E-state index in [1.165, 1.54) is 0 Å². The van der Waals surface area contributed by atoms with Crippen molar-refractivity contribution in [3.8, 4) is 0 Å². The topological polar surface area (TPSA) is 63.3 Å². The quantitative estimate of drug-likeness (QED) is 0.832. The lowest BCUT2D eigenvalue weighted by Crippen LogP contribution is -2.24. The van der Waals surface area contributed by atoms with Gasteiger partial charge in [0.25, 0.3) is 0 Å². The van der Waals surface area contributed by atoms with Gasteiger partial charge in [0.05, 0.1) is 0 Å². The van der Waals surface area contributed by atoms with Crippen LogP contribution in [0.25, 0.3) is 0 Å². The van der Waals surface area contributed by atoms with E-state index in [9.17, 15) is 4.79 Å². The molecule has 0 radical (unpaired) electrons. The molecule has 0 saturated heterocycles. The lowest BCUT2D eigenvalue weighted by Gasteiger charge is -2.12. The molecule has 16 heavy (non-hydrogen) atoms. The molecule has 0 aliphatic carbocycles. The summed E-state index contributed by atoms with van der Waals surface area (Å²) in [4.78, 5) is 10.4. The van der Waals surface area contributed by atoms with Crippen LogP contribution in [0.2, 0.25) is 5.02 Å². The average molecular weight is 242 g/mol. The van der Waals surface area contributed by atoms with Crippen LogP contribution in [0.1, 0.15) is 24.0 Å². The molecule has 0 saturated carbocycles. The number of halogens is 1. The molecule has 0 bridgehead atoms. The lowest BCUT2D eigenvalue weighted by molar-refractivity contribution is -0.137. The Bertz CT molecular complexity index is 379. The monoisotopic (exact) mass is 241 g/mol. The highest BCUT2D eigenvalue weighted by atomic mass is 35.5. The van der Waals surface area contributed by atoms with Crippen LogP contribution < -0.4 is 5.73 Å². The highest BCUT2D eigenvalue weighted by molar-refractivity contribution is 6.30. The van der Waals surface area contributed by atoms with Crippen LogP contribution >= 0.6 is 11.6 Å². The Labute approximate surface area is 100 Å². The normalized spacial score (nSPS) is 12.4. The molecular formula is C12H16ClNO2. The SMILES string of the molecule is Cc1cc(Cl)ccc1CC(N)CCC(=O)O. The zero-order valence-electron chi connectivity index (χ0n) is 9.24. The van der Waals surface area contributed by atoms with Crippen LogP contribution in [0, 0.1) is 6.92 Å². The molecule has 88 valence electrons. The first-order valence-corrected chi connectivity index (χ1v) is 5.59. The molecule has 3 nitrogen and oxygen atoms in total. The molecule has 1 unspecified atom stereocenters. The van der Waals surface area contributed by atoms with E-state index in [1.54, 1.807) is 0 Å². The van der Waals surface area contributed by atoms with Gasteiger partial charge in [0.2, 0.25) is 0 Å². The van der Waals surface area contributed by atoms with Crippen molar-refractivity contribution in [1.82, 2.24) is 0 Å². The van der Waals surface area contributed by atoms with Crippen molar-refractivity contribution in [3.63, 3.8) is 0 Å². The summed E-state index contributed by atoms with van der Waals surface area (Å²) in [7, 11) is 0. The maximum atomic E-state index is 10.4. The first-order chi connectivity index (χ1) is 7.49. The van der Waals surface area contributed by atoms with E-state index in [4.69, 9.17) is 22.4 Å². The number of hydrogen-bond donors (Lipinski definition) is 2. The van der Waals surface area contributed by atoms with Crippen LogP contribution in [0.15, 0.2) is 18.2 Å². The van der Waals surface area contributed by atoms with Gasteiger partial charge in [0.15, 0.2) is 0 Å². The summed E-state index contributed by atoms with van der Waals surface area (Å²) in [6, 6.07) is 5.54. The fourth-order valence-corrected chi connectivity index (χ4v) is 1.81. The Kier molecular flexibility index (Phi) is 4.77. The second kappa shape index (κ2) is 5.87. The Hall–Kier alpha value is -1.06. The average Bonchev–Trinajstić information content (AvgIpc) is 2.19. The van der Waals surface area contributed by atoms with E-state index in [-0.39, 0.29) is 12.5 Å². The Morgan fingerprint density at radius 3 is 2.81 bits per heavy atom. The first kappa shape index (κ1) is 13.0. The molecule has 0 amide bonds. The number of carbonyl (C=O) groups is 1. The molecule has 0 fully saturated rings. The minimum atomic E-state index is -0.803. The van der Waals surface area contributed by atoms with Crippen LogP contribution in [0.3, 0.4) is 0 Å². The van der Waals surface area contributed by atoms with Gasteiger partial charge in [-0.1, -0.05) is 17.7 Å². The van der Waals surface area contributed by atoms with Gasteiger partial charge >= 0.3 is 5.97 Å². The van der Waals surface area contributed by atoms with Crippen LogP contribution in [-0.2, 0) is 11.2 Å². The van der Waals surface area contributed by atoms with E-state index in [2.05, 4.69) is 0 Å². The van der Waals surface area contributed by atoms with Crippen molar-refractivity contribution in [2.24, 2.45) is 5.73 Å².